The zero-order valence-corrected chi connectivity index (χ0v) is 10.1. The normalized spacial score (nSPS) is 11.3. The van der Waals surface area contributed by atoms with Crippen molar-refractivity contribution in [3.63, 3.8) is 0 Å². The molecule has 0 radical (unpaired) electrons. The standard InChI is InChI=1S/C11H21N3O/c1-5-7-14-10(8(3)4)9(12)11(15)13(14)6-2/h8H,5-7,12H2,1-4H3. The largest absolute Gasteiger partial charge is 0.393 e. The van der Waals surface area contributed by atoms with Crippen molar-refractivity contribution in [1.29, 1.82) is 0 Å². The Balaban J connectivity index is 3.41. The molecule has 0 unspecified atom stereocenters. The van der Waals surface area contributed by atoms with E-state index in [1.54, 1.807) is 4.68 Å². The Morgan fingerprint density at radius 3 is 2.27 bits per heavy atom. The van der Waals surface area contributed by atoms with Crippen molar-refractivity contribution >= 4 is 5.69 Å². The first-order valence-corrected chi connectivity index (χ1v) is 5.63. The number of hydrogen-bond donors (Lipinski definition) is 1. The van der Waals surface area contributed by atoms with E-state index < -0.39 is 0 Å². The Morgan fingerprint density at radius 2 is 1.87 bits per heavy atom. The Labute approximate surface area is 90.7 Å². The van der Waals surface area contributed by atoms with Crippen LogP contribution in [0.15, 0.2) is 4.79 Å². The smallest absolute Gasteiger partial charge is 0.290 e. The predicted octanol–water partition coefficient (Wildman–Crippen LogP) is 1.79. The van der Waals surface area contributed by atoms with Crippen LogP contribution in [0, 0.1) is 0 Å². The molecule has 0 amide bonds. The van der Waals surface area contributed by atoms with Crippen LogP contribution in [-0.4, -0.2) is 9.36 Å². The van der Waals surface area contributed by atoms with Crippen molar-refractivity contribution in [2.45, 2.75) is 53.1 Å². The highest BCUT2D eigenvalue weighted by Gasteiger charge is 2.18. The molecule has 4 heteroatoms. The average molecular weight is 211 g/mol. The summed E-state index contributed by atoms with van der Waals surface area (Å²) in [5, 5.41) is 0. The second-order valence-corrected chi connectivity index (χ2v) is 4.10. The van der Waals surface area contributed by atoms with Gasteiger partial charge < -0.3 is 5.73 Å². The van der Waals surface area contributed by atoms with Crippen molar-refractivity contribution in [2.75, 3.05) is 5.73 Å². The van der Waals surface area contributed by atoms with Gasteiger partial charge in [0.2, 0.25) is 0 Å². The molecule has 0 aliphatic carbocycles. The zero-order chi connectivity index (χ0) is 11.6. The summed E-state index contributed by atoms with van der Waals surface area (Å²) in [4.78, 5) is 11.8. The monoisotopic (exact) mass is 211 g/mol. The number of nitrogens with two attached hydrogens (primary N) is 1. The highest BCUT2D eigenvalue weighted by atomic mass is 16.1. The van der Waals surface area contributed by atoms with Gasteiger partial charge >= 0.3 is 0 Å². The minimum absolute atomic E-state index is 0.0466. The Morgan fingerprint density at radius 1 is 1.27 bits per heavy atom. The van der Waals surface area contributed by atoms with Crippen molar-refractivity contribution < 1.29 is 0 Å². The fourth-order valence-corrected chi connectivity index (χ4v) is 2.00. The quantitative estimate of drug-likeness (QED) is 0.825. The van der Waals surface area contributed by atoms with Crippen molar-refractivity contribution in [2.24, 2.45) is 0 Å². The summed E-state index contributed by atoms with van der Waals surface area (Å²) in [5.74, 6) is 0.289. The fourth-order valence-electron chi connectivity index (χ4n) is 2.00. The van der Waals surface area contributed by atoms with Crippen LogP contribution in [0.5, 0.6) is 0 Å². The highest BCUT2D eigenvalue weighted by molar-refractivity contribution is 5.43. The Kier molecular flexibility index (Phi) is 3.61. The molecular formula is C11H21N3O. The molecule has 1 rings (SSSR count). The van der Waals surface area contributed by atoms with Crippen LogP contribution in [0.1, 0.15) is 45.7 Å². The predicted molar refractivity (Wildman–Crippen MR) is 63.2 cm³/mol. The topological polar surface area (TPSA) is 52.9 Å². The molecule has 1 heterocycles. The highest BCUT2D eigenvalue weighted by Crippen LogP contribution is 2.19. The van der Waals surface area contributed by atoms with Crippen LogP contribution in [0.2, 0.25) is 0 Å². The lowest BCUT2D eigenvalue weighted by atomic mass is 10.1. The summed E-state index contributed by atoms with van der Waals surface area (Å²) in [6.07, 6.45) is 1.01. The van der Waals surface area contributed by atoms with Gasteiger partial charge in [0, 0.05) is 13.1 Å². The van der Waals surface area contributed by atoms with Crippen molar-refractivity contribution in [3.05, 3.63) is 16.0 Å². The molecule has 0 aliphatic heterocycles. The summed E-state index contributed by atoms with van der Waals surface area (Å²) in [7, 11) is 0. The summed E-state index contributed by atoms with van der Waals surface area (Å²) in [6, 6.07) is 0. The maximum absolute atomic E-state index is 11.8. The maximum Gasteiger partial charge on any atom is 0.290 e. The summed E-state index contributed by atoms with van der Waals surface area (Å²) < 4.78 is 3.76. The minimum Gasteiger partial charge on any atom is -0.393 e. The van der Waals surface area contributed by atoms with E-state index in [0.717, 1.165) is 18.7 Å². The SMILES string of the molecule is CCCn1c(C(C)C)c(N)c(=O)n1CC. The van der Waals surface area contributed by atoms with Gasteiger partial charge in [0.05, 0.1) is 5.69 Å². The maximum atomic E-state index is 11.8. The summed E-state index contributed by atoms with van der Waals surface area (Å²) >= 11 is 0. The molecule has 1 aromatic heterocycles. The molecule has 86 valence electrons. The van der Waals surface area contributed by atoms with Crippen LogP contribution >= 0.6 is 0 Å². The van der Waals surface area contributed by atoms with Gasteiger partial charge in [-0.3, -0.25) is 9.48 Å². The van der Waals surface area contributed by atoms with Gasteiger partial charge in [-0.2, -0.15) is 0 Å². The second kappa shape index (κ2) is 4.55. The van der Waals surface area contributed by atoms with Gasteiger partial charge in [0.25, 0.3) is 5.56 Å². The number of nitrogen functional groups attached to an aromatic ring is 1. The average Bonchev–Trinajstić information content (AvgIpc) is 2.40. The molecule has 0 aromatic carbocycles. The summed E-state index contributed by atoms with van der Waals surface area (Å²) in [5.41, 5.74) is 7.20. The Bertz CT molecular complexity index is 387. The number of anilines is 1. The molecule has 2 N–H and O–H groups in total. The molecule has 0 bridgehead atoms. The van der Waals surface area contributed by atoms with E-state index in [4.69, 9.17) is 5.73 Å². The summed E-state index contributed by atoms with van der Waals surface area (Å²) in [6.45, 7) is 9.74. The lowest BCUT2D eigenvalue weighted by Crippen LogP contribution is -2.23. The number of aromatic nitrogens is 2. The molecule has 1 aromatic rings. The molecular weight excluding hydrogens is 190 g/mol. The van der Waals surface area contributed by atoms with Gasteiger partial charge in [0.1, 0.15) is 5.69 Å². The first kappa shape index (κ1) is 11.9. The molecule has 0 fully saturated rings. The van der Waals surface area contributed by atoms with Crippen LogP contribution in [0.4, 0.5) is 5.69 Å². The first-order valence-electron chi connectivity index (χ1n) is 5.63. The van der Waals surface area contributed by atoms with E-state index in [1.807, 2.05) is 11.6 Å². The zero-order valence-electron chi connectivity index (χ0n) is 10.1. The molecule has 4 nitrogen and oxygen atoms in total. The van der Waals surface area contributed by atoms with Crippen LogP contribution in [0.3, 0.4) is 0 Å². The third-order valence-corrected chi connectivity index (χ3v) is 2.59. The van der Waals surface area contributed by atoms with E-state index in [0.29, 0.717) is 12.2 Å². The van der Waals surface area contributed by atoms with Crippen molar-refractivity contribution in [1.82, 2.24) is 9.36 Å². The molecule has 0 saturated heterocycles. The minimum atomic E-state index is -0.0466. The molecule has 0 atom stereocenters. The fraction of sp³-hybridized carbons (Fsp3) is 0.727. The van der Waals surface area contributed by atoms with Crippen LogP contribution < -0.4 is 11.3 Å². The van der Waals surface area contributed by atoms with Crippen LogP contribution in [0.25, 0.3) is 0 Å². The molecule has 15 heavy (non-hydrogen) atoms. The molecule has 0 saturated carbocycles. The number of nitrogens with zero attached hydrogens (tertiary/aromatic N) is 2. The van der Waals surface area contributed by atoms with E-state index in [-0.39, 0.29) is 11.5 Å². The lowest BCUT2D eigenvalue weighted by molar-refractivity contribution is 0.434. The van der Waals surface area contributed by atoms with E-state index in [2.05, 4.69) is 20.8 Å². The first-order chi connectivity index (χ1) is 7.04. The van der Waals surface area contributed by atoms with E-state index in [9.17, 15) is 4.79 Å². The third-order valence-electron chi connectivity index (χ3n) is 2.59. The lowest BCUT2D eigenvalue weighted by Gasteiger charge is -2.14. The van der Waals surface area contributed by atoms with Crippen LogP contribution in [-0.2, 0) is 13.1 Å². The third kappa shape index (κ3) is 1.94. The molecule has 0 spiro atoms. The van der Waals surface area contributed by atoms with Gasteiger partial charge in [-0.05, 0) is 19.3 Å². The van der Waals surface area contributed by atoms with Gasteiger partial charge in [0.15, 0.2) is 0 Å². The van der Waals surface area contributed by atoms with E-state index in [1.165, 1.54) is 0 Å². The number of rotatable bonds is 4. The van der Waals surface area contributed by atoms with Gasteiger partial charge in [-0.15, -0.1) is 0 Å². The second-order valence-electron chi connectivity index (χ2n) is 4.10. The molecule has 0 aliphatic rings. The number of hydrogen-bond acceptors (Lipinski definition) is 2. The van der Waals surface area contributed by atoms with E-state index >= 15 is 0 Å². The van der Waals surface area contributed by atoms with Gasteiger partial charge in [-0.25, -0.2) is 4.68 Å². The van der Waals surface area contributed by atoms with Gasteiger partial charge in [-0.1, -0.05) is 20.8 Å². The van der Waals surface area contributed by atoms with Crippen molar-refractivity contribution in [3.8, 4) is 0 Å². The Hall–Kier alpha value is -1.19.